The van der Waals surface area contributed by atoms with Crippen LogP contribution in [0.25, 0.3) is 0 Å². The number of likely N-dealkylation sites (tertiary alicyclic amines) is 1. The van der Waals surface area contributed by atoms with E-state index in [4.69, 9.17) is 11.5 Å². The van der Waals surface area contributed by atoms with Gasteiger partial charge in [0.2, 0.25) is 0 Å². The van der Waals surface area contributed by atoms with Gasteiger partial charge >= 0.3 is 0 Å². The Morgan fingerprint density at radius 3 is 2.33 bits per heavy atom. The number of nitrogens with two attached hydrogens (primary N) is 2. The molecule has 3 heteroatoms. The molecule has 1 heterocycles. The number of hydrogen-bond acceptors (Lipinski definition) is 3. The molecule has 15 heavy (non-hydrogen) atoms. The van der Waals surface area contributed by atoms with E-state index in [1.165, 1.54) is 25.9 Å². The highest BCUT2D eigenvalue weighted by Crippen LogP contribution is 2.27. The zero-order chi connectivity index (χ0) is 11.5. The van der Waals surface area contributed by atoms with Crippen molar-refractivity contribution in [2.75, 3.05) is 26.7 Å². The minimum Gasteiger partial charge on any atom is -0.330 e. The second kappa shape index (κ2) is 5.28. The summed E-state index contributed by atoms with van der Waals surface area (Å²) in [7, 11) is 2.19. The molecule has 1 aliphatic heterocycles. The molecule has 1 unspecified atom stereocenters. The van der Waals surface area contributed by atoms with Crippen LogP contribution in [-0.4, -0.2) is 37.6 Å². The summed E-state index contributed by atoms with van der Waals surface area (Å²) in [6.45, 7) is 7.54. The average Bonchev–Trinajstić information content (AvgIpc) is 2.18. The Bertz CT molecular complexity index is 183. The van der Waals surface area contributed by atoms with Crippen molar-refractivity contribution in [1.29, 1.82) is 0 Å². The molecular weight excluding hydrogens is 186 g/mol. The monoisotopic (exact) mass is 213 g/mol. The normalized spacial score (nSPS) is 23.0. The lowest BCUT2D eigenvalue weighted by Crippen LogP contribution is -2.42. The standard InChI is InChI=1S/C12H27N3/c1-12(2,9-13)8-11(14)10-4-6-15(3)7-5-10/h10-11H,4-9,13-14H2,1-3H3. The van der Waals surface area contributed by atoms with Gasteiger partial charge in [0.25, 0.3) is 0 Å². The van der Waals surface area contributed by atoms with Gasteiger partial charge in [-0.05, 0) is 57.3 Å². The lowest BCUT2D eigenvalue weighted by molar-refractivity contribution is 0.173. The van der Waals surface area contributed by atoms with Crippen LogP contribution >= 0.6 is 0 Å². The summed E-state index contributed by atoms with van der Waals surface area (Å²) in [6, 6.07) is 0.331. The Balaban J connectivity index is 2.37. The van der Waals surface area contributed by atoms with Crippen LogP contribution in [0.15, 0.2) is 0 Å². The fourth-order valence-electron chi connectivity index (χ4n) is 2.34. The number of nitrogens with zero attached hydrogens (tertiary/aromatic N) is 1. The molecule has 1 fully saturated rings. The molecule has 0 aromatic rings. The van der Waals surface area contributed by atoms with Crippen molar-refractivity contribution < 1.29 is 0 Å². The maximum Gasteiger partial charge on any atom is 0.00736 e. The number of piperidine rings is 1. The third-order valence-corrected chi connectivity index (χ3v) is 3.71. The van der Waals surface area contributed by atoms with Crippen molar-refractivity contribution in [2.24, 2.45) is 22.8 Å². The topological polar surface area (TPSA) is 55.3 Å². The van der Waals surface area contributed by atoms with E-state index in [2.05, 4.69) is 25.8 Å². The first kappa shape index (κ1) is 12.9. The quantitative estimate of drug-likeness (QED) is 0.733. The fraction of sp³-hybridized carbons (Fsp3) is 1.00. The van der Waals surface area contributed by atoms with E-state index in [1.54, 1.807) is 0 Å². The lowest BCUT2D eigenvalue weighted by atomic mass is 9.79. The number of rotatable bonds is 4. The Hall–Kier alpha value is -0.120. The Morgan fingerprint density at radius 1 is 1.33 bits per heavy atom. The Labute approximate surface area is 94.2 Å². The van der Waals surface area contributed by atoms with Crippen molar-refractivity contribution in [3.05, 3.63) is 0 Å². The minimum absolute atomic E-state index is 0.197. The summed E-state index contributed by atoms with van der Waals surface area (Å²) in [6.07, 6.45) is 3.55. The van der Waals surface area contributed by atoms with E-state index in [-0.39, 0.29) is 5.41 Å². The smallest absolute Gasteiger partial charge is 0.00736 e. The molecule has 0 aromatic carbocycles. The summed E-state index contributed by atoms with van der Waals surface area (Å²) in [4.78, 5) is 2.39. The SMILES string of the molecule is CN1CCC(C(N)CC(C)(C)CN)CC1. The summed E-state index contributed by atoms with van der Waals surface area (Å²) >= 11 is 0. The van der Waals surface area contributed by atoms with E-state index in [1.807, 2.05) is 0 Å². The zero-order valence-corrected chi connectivity index (χ0v) is 10.5. The summed E-state index contributed by atoms with van der Waals surface area (Å²) < 4.78 is 0. The molecule has 0 aliphatic carbocycles. The zero-order valence-electron chi connectivity index (χ0n) is 10.5. The van der Waals surface area contributed by atoms with Crippen LogP contribution in [0, 0.1) is 11.3 Å². The van der Waals surface area contributed by atoms with E-state index in [0.29, 0.717) is 12.0 Å². The predicted molar refractivity (Wildman–Crippen MR) is 65.6 cm³/mol. The molecule has 1 atom stereocenters. The largest absolute Gasteiger partial charge is 0.330 e. The lowest BCUT2D eigenvalue weighted by Gasteiger charge is -2.36. The third kappa shape index (κ3) is 4.09. The van der Waals surface area contributed by atoms with Gasteiger partial charge in [0.15, 0.2) is 0 Å². The second-order valence-electron chi connectivity index (χ2n) is 5.88. The molecule has 4 N–H and O–H groups in total. The molecule has 0 spiro atoms. The molecule has 0 amide bonds. The van der Waals surface area contributed by atoms with Crippen LogP contribution in [0.5, 0.6) is 0 Å². The van der Waals surface area contributed by atoms with Crippen molar-refractivity contribution in [1.82, 2.24) is 4.90 Å². The minimum atomic E-state index is 0.197. The van der Waals surface area contributed by atoms with Crippen molar-refractivity contribution in [2.45, 2.75) is 39.2 Å². The van der Waals surface area contributed by atoms with Gasteiger partial charge in [0.1, 0.15) is 0 Å². The molecular formula is C12H27N3. The van der Waals surface area contributed by atoms with E-state index in [9.17, 15) is 0 Å². The molecule has 0 aromatic heterocycles. The molecule has 3 nitrogen and oxygen atoms in total. The molecule has 1 rings (SSSR count). The van der Waals surface area contributed by atoms with Gasteiger partial charge in [0.05, 0.1) is 0 Å². The Kier molecular flexibility index (Phi) is 4.56. The van der Waals surface area contributed by atoms with Crippen LogP contribution in [-0.2, 0) is 0 Å². The maximum atomic E-state index is 6.28. The molecule has 1 saturated heterocycles. The molecule has 0 radical (unpaired) electrons. The molecule has 1 aliphatic rings. The highest BCUT2D eigenvalue weighted by molar-refractivity contribution is 4.84. The first-order valence-corrected chi connectivity index (χ1v) is 6.09. The third-order valence-electron chi connectivity index (χ3n) is 3.71. The highest BCUT2D eigenvalue weighted by atomic mass is 15.1. The summed E-state index contributed by atoms with van der Waals surface area (Å²) in [5.74, 6) is 0.701. The number of hydrogen-bond donors (Lipinski definition) is 2. The van der Waals surface area contributed by atoms with Gasteiger partial charge in [-0.25, -0.2) is 0 Å². The van der Waals surface area contributed by atoms with Crippen molar-refractivity contribution >= 4 is 0 Å². The van der Waals surface area contributed by atoms with E-state index >= 15 is 0 Å². The van der Waals surface area contributed by atoms with Crippen LogP contribution in [0.1, 0.15) is 33.1 Å². The van der Waals surface area contributed by atoms with Gasteiger partial charge in [-0.15, -0.1) is 0 Å². The first-order valence-electron chi connectivity index (χ1n) is 6.09. The van der Waals surface area contributed by atoms with Gasteiger partial charge in [-0.2, -0.15) is 0 Å². The summed E-state index contributed by atoms with van der Waals surface area (Å²) in [5, 5.41) is 0. The molecule has 0 bridgehead atoms. The summed E-state index contributed by atoms with van der Waals surface area (Å²) in [5.41, 5.74) is 12.2. The Morgan fingerprint density at radius 2 is 1.87 bits per heavy atom. The average molecular weight is 213 g/mol. The van der Waals surface area contributed by atoms with E-state index < -0.39 is 0 Å². The maximum absolute atomic E-state index is 6.28. The highest BCUT2D eigenvalue weighted by Gasteiger charge is 2.27. The van der Waals surface area contributed by atoms with Crippen LogP contribution in [0.3, 0.4) is 0 Å². The van der Waals surface area contributed by atoms with Gasteiger partial charge in [-0.3, -0.25) is 0 Å². The van der Waals surface area contributed by atoms with Crippen molar-refractivity contribution in [3.63, 3.8) is 0 Å². The van der Waals surface area contributed by atoms with Gasteiger partial charge in [0, 0.05) is 6.04 Å². The first-order chi connectivity index (χ1) is 6.94. The van der Waals surface area contributed by atoms with Gasteiger partial charge < -0.3 is 16.4 Å². The van der Waals surface area contributed by atoms with Crippen LogP contribution < -0.4 is 11.5 Å². The molecule has 90 valence electrons. The second-order valence-corrected chi connectivity index (χ2v) is 5.88. The predicted octanol–water partition coefficient (Wildman–Crippen LogP) is 1.03. The van der Waals surface area contributed by atoms with Gasteiger partial charge in [-0.1, -0.05) is 13.8 Å². The van der Waals surface area contributed by atoms with E-state index in [0.717, 1.165) is 13.0 Å². The fourth-order valence-corrected chi connectivity index (χ4v) is 2.34. The van der Waals surface area contributed by atoms with Crippen LogP contribution in [0.2, 0.25) is 0 Å². The van der Waals surface area contributed by atoms with Crippen LogP contribution in [0.4, 0.5) is 0 Å². The molecule has 0 saturated carbocycles. The van der Waals surface area contributed by atoms with Crippen molar-refractivity contribution in [3.8, 4) is 0 Å².